The molecule has 0 radical (unpaired) electrons. The number of pyridine rings is 1. The average molecular weight is 504 g/mol. The second-order valence-corrected chi connectivity index (χ2v) is 7.13. The maximum absolute atomic E-state index is 11.9. The Bertz CT molecular complexity index is 1340. The van der Waals surface area contributed by atoms with E-state index in [1.807, 2.05) is 0 Å². The summed E-state index contributed by atoms with van der Waals surface area (Å²) in [7, 11) is 0. The number of hydrogen-bond donors (Lipinski definition) is 3. The molecule has 3 N–H and O–H groups in total. The van der Waals surface area contributed by atoms with Crippen LogP contribution < -0.4 is 22.3 Å². The van der Waals surface area contributed by atoms with E-state index in [9.17, 15) is 24.6 Å². The maximum atomic E-state index is 11.9. The second kappa shape index (κ2) is 12.2. The molecule has 14 heteroatoms. The Balaban J connectivity index is 0.00000432. The molecule has 0 aliphatic rings. The Morgan fingerprint density at radius 1 is 1.06 bits per heavy atom. The molecule has 35 heavy (non-hydrogen) atoms. The summed E-state index contributed by atoms with van der Waals surface area (Å²) in [4.78, 5) is 34.0. The Labute approximate surface area is 204 Å². The highest BCUT2D eigenvalue weighted by molar-refractivity contribution is 5.84. The highest BCUT2D eigenvalue weighted by Crippen LogP contribution is 2.13. The van der Waals surface area contributed by atoms with Gasteiger partial charge in [0.05, 0.1) is 11.8 Å². The molecule has 2 heterocycles. The summed E-state index contributed by atoms with van der Waals surface area (Å²) < 4.78 is 3.97. The second-order valence-electron chi connectivity index (χ2n) is 7.13. The first kappa shape index (κ1) is 26.9. The van der Waals surface area contributed by atoms with Gasteiger partial charge in [0.15, 0.2) is 16.9 Å². The summed E-state index contributed by atoms with van der Waals surface area (Å²) in [5.41, 5.74) is 0.777. The standard InChI is InChI=1S/C21H21N7O6.ClH/c1-14(24-25-15-6-9-26(10-7-15)11-8-19(29)30)23-22-12-18(20(31)32)27-13-28(21(33)34)17-5-3-2-4-16(17)27;/h2-7,9-10,13,18H,8,11-12H2,1H3,(H2-,29,30,31,32,33,34);1H. The van der Waals surface area contributed by atoms with Crippen LogP contribution in [-0.2, 0) is 16.1 Å². The number of rotatable bonds is 8. The smallest absolute Gasteiger partial charge is 0.509 e. The highest BCUT2D eigenvalue weighted by Gasteiger charge is 2.30. The van der Waals surface area contributed by atoms with Crippen molar-refractivity contribution >= 4 is 34.9 Å². The van der Waals surface area contributed by atoms with Crippen molar-refractivity contribution in [1.29, 1.82) is 0 Å². The van der Waals surface area contributed by atoms with E-state index in [1.165, 1.54) is 10.9 Å². The van der Waals surface area contributed by atoms with Crippen molar-refractivity contribution in [1.82, 2.24) is 9.13 Å². The van der Waals surface area contributed by atoms with E-state index in [4.69, 9.17) is 5.11 Å². The van der Waals surface area contributed by atoms with Crippen LogP contribution in [0.4, 0.5) is 4.79 Å². The lowest BCUT2D eigenvalue weighted by atomic mass is 10.2. The summed E-state index contributed by atoms with van der Waals surface area (Å²) in [5, 5.41) is 44.0. The number of carbonyl (C=O) groups is 3. The van der Waals surface area contributed by atoms with Gasteiger partial charge in [-0.05, 0) is 31.2 Å². The molecular formula is C21H22ClN7O6. The van der Waals surface area contributed by atoms with Crippen molar-refractivity contribution in [2.24, 2.45) is 20.4 Å². The Hall–Kier alpha value is -4.39. The van der Waals surface area contributed by atoms with Crippen LogP contribution in [0.1, 0.15) is 19.4 Å². The number of para-hydroxylation sites is 2. The van der Waals surface area contributed by atoms with E-state index in [2.05, 4.69) is 20.4 Å². The molecule has 3 aromatic rings. The summed E-state index contributed by atoms with van der Waals surface area (Å²) in [6, 6.07) is 8.67. The van der Waals surface area contributed by atoms with Crippen molar-refractivity contribution in [3.05, 3.63) is 60.5 Å². The van der Waals surface area contributed by atoms with Crippen LogP contribution in [0.2, 0.25) is 0 Å². The first-order valence-corrected chi connectivity index (χ1v) is 10.1. The molecule has 0 bridgehead atoms. The van der Waals surface area contributed by atoms with Crippen molar-refractivity contribution in [2.45, 2.75) is 25.9 Å². The van der Waals surface area contributed by atoms with Crippen molar-refractivity contribution in [3.63, 3.8) is 0 Å². The van der Waals surface area contributed by atoms with Gasteiger partial charge in [-0.15, -0.1) is 19.9 Å². The van der Waals surface area contributed by atoms with E-state index in [0.29, 0.717) is 22.9 Å². The van der Waals surface area contributed by atoms with E-state index < -0.39 is 24.1 Å². The monoisotopic (exact) mass is 503 g/mol. The third kappa shape index (κ3) is 7.04. The van der Waals surface area contributed by atoms with Gasteiger partial charge in [-0.1, -0.05) is 12.1 Å². The summed E-state index contributed by atoms with van der Waals surface area (Å²) in [6.45, 7) is 1.62. The van der Waals surface area contributed by atoms with Crippen molar-refractivity contribution in [2.75, 3.05) is 6.54 Å². The molecule has 0 fully saturated rings. The van der Waals surface area contributed by atoms with Gasteiger partial charge >= 0.3 is 18.0 Å². The predicted octanol–water partition coefficient (Wildman–Crippen LogP) is -1.25. The normalized spacial score (nSPS) is 12.3. The first-order chi connectivity index (χ1) is 16.3. The van der Waals surface area contributed by atoms with Crippen LogP contribution in [0, 0.1) is 0 Å². The number of amidine groups is 1. The zero-order chi connectivity index (χ0) is 24.7. The molecule has 0 saturated heterocycles. The summed E-state index contributed by atoms with van der Waals surface area (Å²) >= 11 is 0. The van der Waals surface area contributed by atoms with E-state index >= 15 is 0 Å². The third-order valence-electron chi connectivity index (χ3n) is 4.72. The molecule has 3 rings (SSSR count). The number of benzene rings is 1. The lowest BCUT2D eigenvalue weighted by Gasteiger charge is -2.05. The molecule has 0 saturated carbocycles. The van der Waals surface area contributed by atoms with Gasteiger partial charge in [-0.2, -0.15) is 9.91 Å². The number of aliphatic carboxylic acids is 2. The van der Waals surface area contributed by atoms with E-state index in [1.54, 1.807) is 60.3 Å². The fourth-order valence-corrected chi connectivity index (χ4v) is 3.08. The van der Waals surface area contributed by atoms with Crippen LogP contribution >= 0.6 is 0 Å². The van der Waals surface area contributed by atoms with Crippen molar-refractivity contribution < 1.29 is 46.7 Å². The summed E-state index contributed by atoms with van der Waals surface area (Å²) in [5.74, 6) is -1.90. The van der Waals surface area contributed by atoms with Gasteiger partial charge in [0.1, 0.15) is 6.54 Å². The van der Waals surface area contributed by atoms with Crippen LogP contribution in [0.5, 0.6) is 0 Å². The van der Waals surface area contributed by atoms with Crippen LogP contribution in [0.15, 0.2) is 75.6 Å². The fourth-order valence-electron chi connectivity index (χ4n) is 3.08. The van der Waals surface area contributed by atoms with Gasteiger partial charge < -0.3 is 32.3 Å². The lowest BCUT2D eigenvalue weighted by molar-refractivity contribution is -0.683. The molecular weight excluding hydrogens is 482 g/mol. The molecule has 1 unspecified atom stereocenters. The number of fused-ring (bicyclic) bond motifs is 1. The van der Waals surface area contributed by atoms with Gasteiger partial charge in [0.25, 0.3) is 6.33 Å². The zero-order valence-electron chi connectivity index (χ0n) is 18.5. The first-order valence-electron chi connectivity index (χ1n) is 10.1. The molecule has 1 atom stereocenters. The van der Waals surface area contributed by atoms with Gasteiger partial charge in [-0.25, -0.2) is 9.36 Å². The third-order valence-corrected chi connectivity index (χ3v) is 4.72. The maximum Gasteiger partial charge on any atom is 0.509 e. The number of aryl methyl sites for hydroxylation is 1. The Kier molecular flexibility index (Phi) is 9.35. The van der Waals surface area contributed by atoms with Crippen LogP contribution in [-0.4, -0.2) is 54.9 Å². The molecule has 0 amide bonds. The predicted molar refractivity (Wildman–Crippen MR) is 117 cm³/mol. The number of azo groups is 1. The molecule has 1 aromatic carbocycles. The van der Waals surface area contributed by atoms with Gasteiger partial charge in [0, 0.05) is 18.9 Å². The topological polar surface area (TPSA) is 175 Å². The van der Waals surface area contributed by atoms with E-state index in [0.717, 1.165) is 4.57 Å². The number of carboxylic acids is 2. The molecule has 2 aromatic heterocycles. The highest BCUT2D eigenvalue weighted by atomic mass is 35.5. The zero-order valence-corrected chi connectivity index (χ0v) is 19.2. The van der Waals surface area contributed by atoms with E-state index in [-0.39, 0.29) is 31.2 Å². The summed E-state index contributed by atoms with van der Waals surface area (Å²) in [6.07, 6.45) is 3.33. The largest absolute Gasteiger partial charge is 1.00 e. The number of halogens is 1. The van der Waals surface area contributed by atoms with Gasteiger partial charge in [0.2, 0.25) is 6.04 Å². The number of imidazole rings is 1. The number of aromatic nitrogens is 3. The quantitative estimate of drug-likeness (QED) is 0.114. The Morgan fingerprint density at radius 2 is 1.74 bits per heavy atom. The Morgan fingerprint density at radius 3 is 2.37 bits per heavy atom. The number of hydrogen-bond acceptors (Lipinski definition) is 6. The number of carboxylic acid groups (broad SMARTS) is 3. The molecule has 0 aliphatic heterocycles. The van der Waals surface area contributed by atoms with Crippen molar-refractivity contribution in [3.8, 4) is 0 Å². The minimum absolute atomic E-state index is 0. The average Bonchev–Trinajstić information content (AvgIpc) is 3.19. The minimum Gasteiger partial charge on any atom is -1.00 e. The van der Waals surface area contributed by atoms with Crippen LogP contribution in [0.3, 0.4) is 0 Å². The minimum atomic E-state index is -1.24. The van der Waals surface area contributed by atoms with Gasteiger partial charge in [-0.3, -0.25) is 4.79 Å². The molecule has 184 valence electrons. The number of nitrogens with zero attached hydrogens (tertiary/aromatic N) is 7. The fraction of sp³-hybridized carbons (Fsp3) is 0.238. The molecule has 13 nitrogen and oxygen atoms in total. The molecule has 0 spiro atoms. The van der Waals surface area contributed by atoms with Crippen LogP contribution in [0.25, 0.3) is 11.0 Å². The SMILES string of the molecule is CC(N=NCC(C(=O)O)[n+]1cn(C(=O)O)c2ccccc21)=NN=c1ccn(CCC(=O)O)cc1.[Cl-]. The lowest BCUT2D eigenvalue weighted by Crippen LogP contribution is -3.00. The molecule has 0 aliphatic carbocycles.